The van der Waals surface area contributed by atoms with Crippen LogP contribution in [0.1, 0.15) is 35.3 Å². The lowest BCUT2D eigenvalue weighted by Crippen LogP contribution is -2.23. The van der Waals surface area contributed by atoms with Gasteiger partial charge in [-0.2, -0.15) is 0 Å². The van der Waals surface area contributed by atoms with E-state index >= 15 is 0 Å². The maximum absolute atomic E-state index is 12.3. The Morgan fingerprint density at radius 3 is 2.26 bits per heavy atom. The van der Waals surface area contributed by atoms with Gasteiger partial charge in [-0.3, -0.25) is 9.59 Å². The number of hydrogen-bond acceptors (Lipinski definition) is 4. The minimum atomic E-state index is -3.15. The Morgan fingerprint density at radius 2 is 1.67 bits per heavy atom. The molecule has 2 rings (SSSR count). The van der Waals surface area contributed by atoms with E-state index in [1.54, 1.807) is 36.4 Å². The zero-order valence-corrected chi connectivity index (χ0v) is 16.5. The number of nitrogens with one attached hydrogen (secondary N) is 2. The summed E-state index contributed by atoms with van der Waals surface area (Å²) in [5, 5.41) is 5.62. The summed E-state index contributed by atoms with van der Waals surface area (Å²) >= 11 is 0. The number of sulfone groups is 1. The molecule has 0 aliphatic rings. The van der Waals surface area contributed by atoms with Crippen molar-refractivity contribution in [3.05, 3.63) is 65.2 Å². The molecule has 2 amide bonds. The van der Waals surface area contributed by atoms with Crippen LogP contribution in [-0.2, 0) is 26.9 Å². The molecule has 6 nitrogen and oxygen atoms in total. The first-order chi connectivity index (χ1) is 12.6. The minimum absolute atomic E-state index is 0.0509. The molecular formula is C20H24N2O4S. The molecule has 0 saturated heterocycles. The second kappa shape index (κ2) is 8.81. The largest absolute Gasteiger partial charge is 0.348 e. The van der Waals surface area contributed by atoms with Crippen LogP contribution in [0.2, 0.25) is 0 Å². The molecule has 27 heavy (non-hydrogen) atoms. The van der Waals surface area contributed by atoms with Gasteiger partial charge in [-0.05, 0) is 35.4 Å². The summed E-state index contributed by atoms with van der Waals surface area (Å²) in [5.74, 6) is -0.521. The fraction of sp³-hybridized carbons (Fsp3) is 0.300. The SMILES string of the molecule is CC(C)C(=O)Nc1ccc(CNC(=O)c2cccc(CS(C)(=O)=O)c2)cc1. The normalized spacial score (nSPS) is 11.3. The highest BCUT2D eigenvalue weighted by molar-refractivity contribution is 7.89. The van der Waals surface area contributed by atoms with Gasteiger partial charge in [0, 0.05) is 30.0 Å². The zero-order valence-electron chi connectivity index (χ0n) is 15.7. The molecular weight excluding hydrogens is 364 g/mol. The molecule has 2 N–H and O–H groups in total. The van der Waals surface area contributed by atoms with Crippen LogP contribution in [0.15, 0.2) is 48.5 Å². The number of carbonyl (C=O) groups excluding carboxylic acids is 2. The lowest BCUT2D eigenvalue weighted by Gasteiger charge is -2.10. The Morgan fingerprint density at radius 1 is 1.00 bits per heavy atom. The van der Waals surface area contributed by atoms with E-state index in [4.69, 9.17) is 0 Å². The number of hydrogen-bond donors (Lipinski definition) is 2. The van der Waals surface area contributed by atoms with Gasteiger partial charge >= 0.3 is 0 Å². The maximum atomic E-state index is 12.3. The Bertz CT molecular complexity index is 919. The van der Waals surface area contributed by atoms with Crippen molar-refractivity contribution in [2.75, 3.05) is 11.6 Å². The van der Waals surface area contributed by atoms with Crippen molar-refractivity contribution in [3.63, 3.8) is 0 Å². The summed E-state index contributed by atoms with van der Waals surface area (Å²) in [6, 6.07) is 13.8. The van der Waals surface area contributed by atoms with Crippen molar-refractivity contribution in [1.82, 2.24) is 5.32 Å². The topological polar surface area (TPSA) is 92.3 Å². The van der Waals surface area contributed by atoms with Crippen molar-refractivity contribution in [2.24, 2.45) is 5.92 Å². The Hall–Kier alpha value is -2.67. The van der Waals surface area contributed by atoms with Crippen molar-refractivity contribution < 1.29 is 18.0 Å². The lowest BCUT2D eigenvalue weighted by atomic mass is 10.1. The summed E-state index contributed by atoms with van der Waals surface area (Å²) in [4.78, 5) is 24.0. The fourth-order valence-electron chi connectivity index (χ4n) is 2.38. The van der Waals surface area contributed by atoms with Gasteiger partial charge in [0.2, 0.25) is 5.91 Å². The molecule has 0 spiro atoms. The van der Waals surface area contributed by atoms with Gasteiger partial charge in [-0.1, -0.05) is 38.1 Å². The molecule has 7 heteroatoms. The Labute approximate surface area is 159 Å². The molecule has 0 aliphatic carbocycles. The van der Waals surface area contributed by atoms with Crippen molar-refractivity contribution in [3.8, 4) is 0 Å². The molecule has 2 aromatic carbocycles. The molecule has 0 bridgehead atoms. The van der Waals surface area contributed by atoms with E-state index in [0.717, 1.165) is 11.8 Å². The lowest BCUT2D eigenvalue weighted by molar-refractivity contribution is -0.118. The van der Waals surface area contributed by atoms with Gasteiger partial charge in [0.05, 0.1) is 5.75 Å². The van der Waals surface area contributed by atoms with Gasteiger partial charge < -0.3 is 10.6 Å². The molecule has 0 saturated carbocycles. The number of anilines is 1. The van der Waals surface area contributed by atoms with Crippen LogP contribution >= 0.6 is 0 Å². The van der Waals surface area contributed by atoms with Crippen LogP contribution < -0.4 is 10.6 Å². The van der Waals surface area contributed by atoms with Gasteiger partial charge in [-0.15, -0.1) is 0 Å². The number of carbonyl (C=O) groups is 2. The highest BCUT2D eigenvalue weighted by atomic mass is 32.2. The van der Waals surface area contributed by atoms with Crippen molar-refractivity contribution in [2.45, 2.75) is 26.1 Å². The van der Waals surface area contributed by atoms with Crippen LogP contribution in [0.25, 0.3) is 0 Å². The van der Waals surface area contributed by atoms with E-state index in [9.17, 15) is 18.0 Å². The van der Waals surface area contributed by atoms with Crippen LogP contribution in [-0.4, -0.2) is 26.5 Å². The van der Waals surface area contributed by atoms with E-state index in [1.807, 2.05) is 26.0 Å². The van der Waals surface area contributed by atoms with Gasteiger partial charge in [-0.25, -0.2) is 8.42 Å². The molecule has 144 valence electrons. The summed E-state index contributed by atoms with van der Waals surface area (Å²) in [6.07, 6.45) is 1.16. The highest BCUT2D eigenvalue weighted by Crippen LogP contribution is 2.12. The Kier molecular flexibility index (Phi) is 6.74. The summed E-state index contributed by atoms with van der Waals surface area (Å²) < 4.78 is 22.8. The second-order valence-electron chi connectivity index (χ2n) is 6.79. The highest BCUT2D eigenvalue weighted by Gasteiger charge is 2.10. The molecule has 0 aromatic heterocycles. The predicted octanol–water partition coefficient (Wildman–Crippen LogP) is 2.76. The second-order valence-corrected chi connectivity index (χ2v) is 8.93. The van der Waals surface area contributed by atoms with E-state index in [-0.39, 0.29) is 23.5 Å². The van der Waals surface area contributed by atoms with Gasteiger partial charge in [0.15, 0.2) is 9.84 Å². The quantitative estimate of drug-likeness (QED) is 0.763. The van der Waals surface area contributed by atoms with Crippen LogP contribution in [0.5, 0.6) is 0 Å². The van der Waals surface area contributed by atoms with Crippen LogP contribution in [0, 0.1) is 5.92 Å². The van der Waals surface area contributed by atoms with E-state index in [1.165, 1.54) is 0 Å². The third kappa shape index (κ3) is 6.86. The van der Waals surface area contributed by atoms with Crippen molar-refractivity contribution in [1.29, 1.82) is 0 Å². The zero-order chi connectivity index (χ0) is 20.0. The monoisotopic (exact) mass is 388 g/mol. The first-order valence-corrected chi connectivity index (χ1v) is 10.6. The maximum Gasteiger partial charge on any atom is 0.251 e. The van der Waals surface area contributed by atoms with E-state index in [0.29, 0.717) is 23.4 Å². The molecule has 0 aliphatic heterocycles. The Balaban J connectivity index is 1.95. The molecule has 0 radical (unpaired) electrons. The van der Waals surface area contributed by atoms with E-state index < -0.39 is 9.84 Å². The van der Waals surface area contributed by atoms with E-state index in [2.05, 4.69) is 10.6 Å². The average Bonchev–Trinajstić information content (AvgIpc) is 2.59. The summed E-state index contributed by atoms with van der Waals surface area (Å²) in [6.45, 7) is 3.97. The molecule has 0 atom stereocenters. The average molecular weight is 388 g/mol. The standard InChI is InChI=1S/C20H24N2O4S/c1-14(2)19(23)22-18-9-7-15(8-10-18)12-21-20(24)17-6-4-5-16(11-17)13-27(3,25)26/h4-11,14H,12-13H2,1-3H3,(H,21,24)(H,22,23). The van der Waals surface area contributed by atoms with Gasteiger partial charge in [0.1, 0.15) is 0 Å². The third-order valence-electron chi connectivity index (χ3n) is 3.82. The fourth-order valence-corrected chi connectivity index (χ4v) is 3.17. The summed E-state index contributed by atoms with van der Waals surface area (Å²) in [7, 11) is -3.15. The molecule has 0 heterocycles. The minimum Gasteiger partial charge on any atom is -0.348 e. The van der Waals surface area contributed by atoms with Crippen LogP contribution in [0.3, 0.4) is 0 Å². The molecule has 0 fully saturated rings. The smallest absolute Gasteiger partial charge is 0.251 e. The first kappa shape index (κ1) is 20.6. The first-order valence-electron chi connectivity index (χ1n) is 8.59. The van der Waals surface area contributed by atoms with Gasteiger partial charge in [0.25, 0.3) is 5.91 Å². The molecule has 0 unspecified atom stereocenters. The number of benzene rings is 2. The van der Waals surface area contributed by atoms with Crippen molar-refractivity contribution >= 4 is 27.3 Å². The number of rotatable bonds is 7. The third-order valence-corrected chi connectivity index (χ3v) is 4.67. The molecule has 2 aromatic rings. The number of amides is 2. The predicted molar refractivity (Wildman–Crippen MR) is 106 cm³/mol. The summed E-state index contributed by atoms with van der Waals surface area (Å²) in [5.41, 5.74) is 2.59. The van der Waals surface area contributed by atoms with Crippen LogP contribution in [0.4, 0.5) is 5.69 Å².